The molecule has 2 radical (unpaired) electrons. The summed E-state index contributed by atoms with van der Waals surface area (Å²) in [4.78, 5) is 31.0. The van der Waals surface area contributed by atoms with Gasteiger partial charge >= 0.3 is 34.5 Å². The van der Waals surface area contributed by atoms with Gasteiger partial charge in [-0.3, -0.25) is 0 Å². The van der Waals surface area contributed by atoms with Crippen LogP contribution in [0.25, 0.3) is 0 Å². The van der Waals surface area contributed by atoms with Crippen molar-refractivity contribution in [3.8, 4) is 0 Å². The quantitative estimate of drug-likeness (QED) is 0.325. The molecular weight excluding hydrogens is 402 g/mol. The summed E-state index contributed by atoms with van der Waals surface area (Å²) in [5.74, 6) is 0. The molecule has 0 rings (SSSR count). The summed E-state index contributed by atoms with van der Waals surface area (Å²) >= 11 is 0. The summed E-state index contributed by atoms with van der Waals surface area (Å²) in [7, 11) is -10.1. The molecule has 0 aliphatic heterocycles. The SMILES string of the molecule is O=P(O)(O)OP(=O)(O)O.[Fe].[Fe].[LiH].[Mn].[Mn]. The van der Waals surface area contributed by atoms with Crippen LogP contribution < -0.4 is 0 Å². The molecule has 7 nitrogen and oxygen atoms in total. The van der Waals surface area contributed by atoms with E-state index in [9.17, 15) is 9.13 Å². The fourth-order valence-electron chi connectivity index (χ4n) is 0.139. The van der Waals surface area contributed by atoms with E-state index in [1.807, 2.05) is 0 Å². The molecule has 0 spiro atoms. The van der Waals surface area contributed by atoms with Crippen LogP contribution in [0.15, 0.2) is 0 Å². The predicted molar refractivity (Wildman–Crippen MR) is 32.3 cm³/mol. The van der Waals surface area contributed by atoms with Gasteiger partial charge in [0.25, 0.3) is 0 Å². The molecule has 0 saturated heterocycles. The van der Waals surface area contributed by atoms with Crippen LogP contribution in [0.3, 0.4) is 0 Å². The first-order valence-corrected chi connectivity index (χ1v) is 4.59. The van der Waals surface area contributed by atoms with Gasteiger partial charge in [-0.1, -0.05) is 0 Å². The molecule has 0 aromatic rings. The predicted octanol–water partition coefficient (Wildman–Crippen LogP) is -1.47. The average molecular weight is 407 g/mol. The average Bonchev–Trinajstić information content (AvgIpc) is 1.14. The smallest absolute Gasteiger partial charge is 0 e. The molecule has 0 amide bonds. The van der Waals surface area contributed by atoms with Crippen molar-refractivity contribution in [3.05, 3.63) is 0 Å². The third-order valence-corrected chi connectivity index (χ3v) is 1.91. The maximum Gasteiger partial charge on any atom is 0 e. The maximum absolute atomic E-state index is 9.63. The second-order valence-corrected chi connectivity index (χ2v) is 3.68. The van der Waals surface area contributed by atoms with Crippen molar-refractivity contribution in [2.45, 2.75) is 0 Å². The van der Waals surface area contributed by atoms with Crippen molar-refractivity contribution < 1.29 is 101 Å². The number of phosphoric acid groups is 2. The molecular formula is H5Fe2LiMn2O7P2. The van der Waals surface area contributed by atoms with E-state index in [0.717, 1.165) is 0 Å². The molecule has 0 aromatic carbocycles. The van der Waals surface area contributed by atoms with E-state index in [-0.39, 0.29) is 87.1 Å². The summed E-state index contributed by atoms with van der Waals surface area (Å²) in [6, 6.07) is 0. The normalized spacial score (nSPS) is 8.86. The Bertz CT molecular complexity index is 168. The molecule has 14 heavy (non-hydrogen) atoms. The van der Waals surface area contributed by atoms with Crippen molar-refractivity contribution >= 4 is 34.5 Å². The van der Waals surface area contributed by atoms with Crippen LogP contribution in [0.2, 0.25) is 0 Å². The van der Waals surface area contributed by atoms with Gasteiger partial charge in [-0.05, 0) is 0 Å². The summed E-state index contributed by atoms with van der Waals surface area (Å²) in [5.41, 5.74) is 0. The van der Waals surface area contributed by atoms with Crippen molar-refractivity contribution in [3.63, 3.8) is 0 Å². The van der Waals surface area contributed by atoms with Crippen LogP contribution in [0.5, 0.6) is 0 Å². The van der Waals surface area contributed by atoms with Crippen LogP contribution >= 0.6 is 15.6 Å². The van der Waals surface area contributed by atoms with E-state index >= 15 is 0 Å². The minimum atomic E-state index is -5.05. The van der Waals surface area contributed by atoms with Crippen LogP contribution in [0.4, 0.5) is 0 Å². The van der Waals surface area contributed by atoms with Gasteiger partial charge in [0.1, 0.15) is 0 Å². The summed E-state index contributed by atoms with van der Waals surface area (Å²) < 4.78 is 22.2. The Morgan fingerprint density at radius 3 is 0.929 bits per heavy atom. The van der Waals surface area contributed by atoms with Crippen molar-refractivity contribution in [2.24, 2.45) is 0 Å². The first-order valence-electron chi connectivity index (χ1n) is 1.53. The molecule has 0 aromatic heterocycles. The molecule has 0 fully saturated rings. The molecule has 0 saturated carbocycles. The van der Waals surface area contributed by atoms with E-state index in [1.54, 1.807) is 0 Å². The van der Waals surface area contributed by atoms with Gasteiger partial charge in [0.05, 0.1) is 0 Å². The van der Waals surface area contributed by atoms with Gasteiger partial charge in [-0.15, -0.1) is 0 Å². The minimum Gasteiger partial charge on any atom is 0 e. The van der Waals surface area contributed by atoms with Crippen molar-refractivity contribution in [2.75, 3.05) is 0 Å². The zero-order valence-electron chi connectivity index (χ0n) is 5.37. The first kappa shape index (κ1) is 36.0. The Balaban J connectivity index is -0.0000000320. The largest absolute Gasteiger partial charge is 0 e. The van der Waals surface area contributed by atoms with Crippen molar-refractivity contribution in [1.82, 2.24) is 0 Å². The fourth-order valence-corrected chi connectivity index (χ4v) is 1.25. The molecule has 0 aliphatic rings. The van der Waals surface area contributed by atoms with E-state index < -0.39 is 15.6 Å². The minimum absolute atomic E-state index is 0. The maximum atomic E-state index is 9.63. The standard InChI is InChI=1S/2Fe.Li.2Mn.H4O7P2.H/c;;;;;1-8(2,3)7-9(4,5)6;/h;;;;;(H2,1,2,3)(H2,4,5,6);. The van der Waals surface area contributed by atoms with Gasteiger partial charge in [0, 0.05) is 68.3 Å². The van der Waals surface area contributed by atoms with Crippen LogP contribution in [0.1, 0.15) is 0 Å². The van der Waals surface area contributed by atoms with E-state index in [1.165, 1.54) is 0 Å². The van der Waals surface area contributed by atoms with E-state index in [2.05, 4.69) is 4.31 Å². The fraction of sp³-hybridized carbons (Fsp3) is 0. The summed E-state index contributed by atoms with van der Waals surface area (Å²) in [5, 5.41) is 0. The van der Waals surface area contributed by atoms with Gasteiger partial charge < -0.3 is 19.6 Å². The molecule has 0 aliphatic carbocycles. The molecule has 14 heteroatoms. The summed E-state index contributed by atoms with van der Waals surface area (Å²) in [6.07, 6.45) is 0. The molecule has 4 N–H and O–H groups in total. The van der Waals surface area contributed by atoms with Gasteiger partial charge in [-0.25, -0.2) is 9.13 Å². The number of hydrogen-bond acceptors (Lipinski definition) is 3. The monoisotopic (exact) mass is 408 g/mol. The van der Waals surface area contributed by atoms with Crippen LogP contribution in [-0.4, -0.2) is 38.4 Å². The van der Waals surface area contributed by atoms with Crippen molar-refractivity contribution in [1.29, 1.82) is 0 Å². The van der Waals surface area contributed by atoms with Gasteiger partial charge in [0.15, 0.2) is 0 Å². The van der Waals surface area contributed by atoms with E-state index in [0.29, 0.717) is 0 Å². The van der Waals surface area contributed by atoms with Crippen LogP contribution in [-0.2, 0) is 81.7 Å². The topological polar surface area (TPSA) is 124 Å². The first-order chi connectivity index (χ1) is 3.71. The van der Waals surface area contributed by atoms with Gasteiger partial charge in [0.2, 0.25) is 0 Å². The molecule has 88 valence electrons. The second kappa shape index (κ2) is 14.0. The summed E-state index contributed by atoms with van der Waals surface area (Å²) in [6.45, 7) is 0. The Labute approximate surface area is 134 Å². The van der Waals surface area contributed by atoms with E-state index in [4.69, 9.17) is 19.6 Å². The van der Waals surface area contributed by atoms with Gasteiger partial charge in [-0.2, -0.15) is 4.31 Å². The Morgan fingerprint density at radius 1 is 0.786 bits per heavy atom. The number of rotatable bonds is 2. The molecule has 0 atom stereocenters. The molecule has 0 bridgehead atoms. The zero-order chi connectivity index (χ0) is 7.71. The third-order valence-electron chi connectivity index (χ3n) is 0.213. The Morgan fingerprint density at radius 2 is 0.929 bits per heavy atom. The molecule has 0 heterocycles. The zero-order valence-corrected chi connectivity index (χ0v) is 11.7. The number of hydrogen-bond donors (Lipinski definition) is 4. The molecule has 0 unspecified atom stereocenters. The Hall–Kier alpha value is 2.94. The Kier molecular flexibility index (Phi) is 36.0. The van der Waals surface area contributed by atoms with Crippen LogP contribution in [0, 0.1) is 0 Å². The second-order valence-electron chi connectivity index (χ2n) is 1.06. The third kappa shape index (κ3) is 36.3.